The van der Waals surface area contributed by atoms with Crippen molar-refractivity contribution in [3.05, 3.63) is 12.3 Å². The molecule has 3 N–H and O–H groups in total. The molecule has 0 fully saturated rings. The van der Waals surface area contributed by atoms with E-state index in [1.54, 1.807) is 6.07 Å². The number of nitrogens with one attached hydrogen (secondary N) is 2. The molecule has 0 aromatic carbocycles. The first-order valence-corrected chi connectivity index (χ1v) is 5.30. The minimum absolute atomic E-state index is 0.108. The minimum atomic E-state index is -1.10. The van der Waals surface area contributed by atoms with Crippen molar-refractivity contribution in [3.63, 3.8) is 0 Å². The molecule has 0 saturated carbocycles. The molecule has 18 heavy (non-hydrogen) atoms. The van der Waals surface area contributed by atoms with Crippen molar-refractivity contribution in [1.82, 2.24) is 15.3 Å². The molecule has 1 heterocycles. The fraction of sp³-hybridized carbons (Fsp3) is 0.400. The number of carbonyl (C=O) groups excluding carboxylic acids is 1. The molecule has 0 aliphatic heterocycles. The minimum Gasteiger partial charge on any atom is -0.480 e. The van der Waals surface area contributed by atoms with Gasteiger partial charge < -0.3 is 20.5 Å². The summed E-state index contributed by atoms with van der Waals surface area (Å²) in [5.41, 5.74) is 0. The predicted molar refractivity (Wildman–Crippen MR) is 62.3 cm³/mol. The number of amides is 1. The molecule has 0 spiro atoms. The molecule has 0 bridgehead atoms. The van der Waals surface area contributed by atoms with Crippen molar-refractivity contribution in [2.24, 2.45) is 0 Å². The maximum Gasteiger partial charge on any atom is 0.322 e. The number of nitrogens with zero attached hydrogens (tertiary/aromatic N) is 2. The first-order chi connectivity index (χ1) is 8.61. The van der Waals surface area contributed by atoms with E-state index in [1.165, 1.54) is 6.20 Å². The molecule has 0 saturated heterocycles. The van der Waals surface area contributed by atoms with Gasteiger partial charge in [0.25, 0.3) is 0 Å². The number of ether oxygens (including phenoxy) is 1. The fourth-order valence-corrected chi connectivity index (χ4v) is 1.05. The Bertz CT molecular complexity index is 424. The number of anilines is 1. The number of aromatic nitrogens is 2. The summed E-state index contributed by atoms with van der Waals surface area (Å²) in [7, 11) is 0. The Labute approximate surface area is 103 Å². The van der Waals surface area contributed by atoms with Gasteiger partial charge in [0.15, 0.2) is 0 Å². The molecule has 1 aromatic rings. The van der Waals surface area contributed by atoms with Gasteiger partial charge >= 0.3 is 5.97 Å². The monoisotopic (exact) mass is 254 g/mol. The lowest BCUT2D eigenvalue weighted by Gasteiger charge is -2.06. The molecular weight excluding hydrogens is 240 g/mol. The SMILES string of the molecule is CCOc1ccnc(NCC(=O)NCC(=O)O)n1. The maximum absolute atomic E-state index is 11.2. The standard InChI is InChI=1S/C10H14N4O4/c1-2-18-8-3-4-11-10(14-8)13-5-7(15)12-6-9(16)17/h3-4H,2,5-6H2,1H3,(H,12,15)(H,16,17)(H,11,13,14). The Morgan fingerprint density at radius 3 is 2.89 bits per heavy atom. The second-order valence-electron chi connectivity index (χ2n) is 3.18. The van der Waals surface area contributed by atoms with E-state index in [2.05, 4.69) is 20.6 Å². The highest BCUT2D eigenvalue weighted by Gasteiger charge is 2.05. The largest absolute Gasteiger partial charge is 0.480 e. The van der Waals surface area contributed by atoms with Crippen LogP contribution in [0.1, 0.15) is 6.92 Å². The summed E-state index contributed by atoms with van der Waals surface area (Å²) in [5.74, 6) is -0.909. The Kier molecular flexibility index (Phi) is 5.36. The Hall–Kier alpha value is -2.38. The van der Waals surface area contributed by atoms with Crippen LogP contribution in [-0.4, -0.2) is 46.6 Å². The lowest BCUT2D eigenvalue weighted by Crippen LogP contribution is -2.34. The smallest absolute Gasteiger partial charge is 0.322 e. The summed E-state index contributed by atoms with van der Waals surface area (Å²) in [6.45, 7) is 1.79. The van der Waals surface area contributed by atoms with Crippen molar-refractivity contribution in [2.45, 2.75) is 6.92 Å². The van der Waals surface area contributed by atoms with Crippen molar-refractivity contribution in [2.75, 3.05) is 25.0 Å². The van der Waals surface area contributed by atoms with Crippen LogP contribution in [0.15, 0.2) is 12.3 Å². The van der Waals surface area contributed by atoms with Gasteiger partial charge in [-0.05, 0) is 6.92 Å². The number of carboxylic acids is 1. The van der Waals surface area contributed by atoms with Gasteiger partial charge in [-0.25, -0.2) is 4.98 Å². The number of aliphatic carboxylic acids is 1. The zero-order valence-corrected chi connectivity index (χ0v) is 9.84. The third-order valence-corrected chi connectivity index (χ3v) is 1.77. The molecule has 0 unspecified atom stereocenters. The number of rotatable bonds is 7. The summed E-state index contributed by atoms with van der Waals surface area (Å²) in [5, 5.41) is 13.2. The average Bonchev–Trinajstić information content (AvgIpc) is 2.35. The van der Waals surface area contributed by atoms with Crippen LogP contribution in [-0.2, 0) is 9.59 Å². The first kappa shape index (κ1) is 13.7. The molecule has 8 heteroatoms. The van der Waals surface area contributed by atoms with Gasteiger partial charge in [-0.2, -0.15) is 4.98 Å². The number of carbonyl (C=O) groups is 2. The highest BCUT2D eigenvalue weighted by atomic mass is 16.5. The molecule has 0 aliphatic carbocycles. The number of hydrogen-bond acceptors (Lipinski definition) is 6. The number of carboxylic acid groups (broad SMARTS) is 1. The zero-order chi connectivity index (χ0) is 13.4. The van der Waals surface area contributed by atoms with E-state index in [-0.39, 0.29) is 12.5 Å². The van der Waals surface area contributed by atoms with E-state index in [0.29, 0.717) is 12.5 Å². The van der Waals surface area contributed by atoms with Crippen LogP contribution < -0.4 is 15.4 Å². The molecule has 98 valence electrons. The Balaban J connectivity index is 2.40. The topological polar surface area (TPSA) is 113 Å². The second-order valence-corrected chi connectivity index (χ2v) is 3.18. The van der Waals surface area contributed by atoms with Crippen molar-refractivity contribution < 1.29 is 19.4 Å². The van der Waals surface area contributed by atoms with Gasteiger partial charge in [0, 0.05) is 12.3 Å². The third kappa shape index (κ3) is 5.10. The number of hydrogen-bond donors (Lipinski definition) is 3. The van der Waals surface area contributed by atoms with Crippen LogP contribution in [0.25, 0.3) is 0 Å². The normalized spacial score (nSPS) is 9.61. The summed E-state index contributed by atoms with van der Waals surface area (Å²) >= 11 is 0. The van der Waals surface area contributed by atoms with Gasteiger partial charge in [0.1, 0.15) is 6.54 Å². The first-order valence-electron chi connectivity index (χ1n) is 5.30. The van der Waals surface area contributed by atoms with Crippen molar-refractivity contribution in [1.29, 1.82) is 0 Å². The maximum atomic E-state index is 11.2. The van der Waals surface area contributed by atoms with Crippen LogP contribution in [0.3, 0.4) is 0 Å². The highest BCUT2D eigenvalue weighted by Crippen LogP contribution is 2.07. The van der Waals surface area contributed by atoms with E-state index in [9.17, 15) is 9.59 Å². The third-order valence-electron chi connectivity index (χ3n) is 1.77. The van der Waals surface area contributed by atoms with Gasteiger partial charge in [-0.3, -0.25) is 9.59 Å². The molecule has 0 atom stereocenters. The van der Waals surface area contributed by atoms with Crippen LogP contribution in [0.2, 0.25) is 0 Å². The predicted octanol–water partition coefficient (Wildman–Crippen LogP) is -0.512. The summed E-state index contributed by atoms with van der Waals surface area (Å²) < 4.78 is 5.16. The van der Waals surface area contributed by atoms with E-state index in [1.807, 2.05) is 6.92 Å². The summed E-state index contributed by atoms with van der Waals surface area (Å²) in [6, 6.07) is 1.60. The Morgan fingerprint density at radius 2 is 2.22 bits per heavy atom. The highest BCUT2D eigenvalue weighted by molar-refractivity contribution is 5.83. The quantitative estimate of drug-likeness (QED) is 0.600. The van der Waals surface area contributed by atoms with Gasteiger partial charge in [-0.15, -0.1) is 0 Å². The lowest BCUT2D eigenvalue weighted by molar-refractivity contribution is -0.137. The van der Waals surface area contributed by atoms with Gasteiger partial charge in [0.05, 0.1) is 13.2 Å². The molecule has 1 rings (SSSR count). The average molecular weight is 254 g/mol. The lowest BCUT2D eigenvalue weighted by atomic mass is 10.5. The zero-order valence-electron chi connectivity index (χ0n) is 9.84. The van der Waals surface area contributed by atoms with Crippen LogP contribution in [0, 0.1) is 0 Å². The molecular formula is C10H14N4O4. The van der Waals surface area contributed by atoms with E-state index < -0.39 is 18.4 Å². The van der Waals surface area contributed by atoms with Gasteiger partial charge in [-0.1, -0.05) is 0 Å². The summed E-state index contributed by atoms with van der Waals surface area (Å²) in [4.78, 5) is 29.3. The van der Waals surface area contributed by atoms with Crippen LogP contribution >= 0.6 is 0 Å². The molecule has 1 aromatic heterocycles. The fourth-order valence-electron chi connectivity index (χ4n) is 1.05. The Morgan fingerprint density at radius 1 is 1.44 bits per heavy atom. The van der Waals surface area contributed by atoms with E-state index in [4.69, 9.17) is 9.84 Å². The molecule has 1 amide bonds. The van der Waals surface area contributed by atoms with Gasteiger partial charge in [0.2, 0.25) is 17.7 Å². The van der Waals surface area contributed by atoms with Crippen molar-refractivity contribution in [3.8, 4) is 5.88 Å². The molecule has 0 radical (unpaired) electrons. The van der Waals surface area contributed by atoms with Crippen LogP contribution in [0.4, 0.5) is 5.95 Å². The molecule has 0 aliphatic rings. The summed E-state index contributed by atoms with van der Waals surface area (Å²) in [6.07, 6.45) is 1.50. The van der Waals surface area contributed by atoms with E-state index >= 15 is 0 Å². The second kappa shape index (κ2) is 7.05. The van der Waals surface area contributed by atoms with E-state index in [0.717, 1.165) is 0 Å². The van der Waals surface area contributed by atoms with Crippen molar-refractivity contribution >= 4 is 17.8 Å². The molecule has 8 nitrogen and oxygen atoms in total. The van der Waals surface area contributed by atoms with Crippen LogP contribution in [0.5, 0.6) is 5.88 Å².